The molecule has 1 aliphatic rings. The standard InChI is InChI=1S/C15H20FNO3/c1-15(2)9-11(5-6-20-15)17-14(19)8-10-3-4-13(18)12(16)7-10/h3-4,7,11,18H,5-6,8-9H2,1-2H3,(H,17,19)/t11-/m0/s1. The second kappa shape index (κ2) is 5.79. The number of hydrogen-bond donors (Lipinski definition) is 2. The molecule has 0 aliphatic carbocycles. The van der Waals surface area contributed by atoms with Crippen LogP contribution in [0.3, 0.4) is 0 Å². The van der Waals surface area contributed by atoms with Crippen molar-refractivity contribution in [3.63, 3.8) is 0 Å². The fourth-order valence-electron chi connectivity index (χ4n) is 2.48. The Morgan fingerprint density at radius 3 is 2.95 bits per heavy atom. The highest BCUT2D eigenvalue weighted by Gasteiger charge is 2.29. The van der Waals surface area contributed by atoms with Gasteiger partial charge in [-0.1, -0.05) is 6.07 Å². The number of aromatic hydroxyl groups is 1. The van der Waals surface area contributed by atoms with Crippen LogP contribution in [0.5, 0.6) is 5.75 Å². The molecule has 1 heterocycles. The van der Waals surface area contributed by atoms with Gasteiger partial charge in [-0.3, -0.25) is 4.79 Å². The summed E-state index contributed by atoms with van der Waals surface area (Å²) >= 11 is 0. The predicted molar refractivity (Wildman–Crippen MR) is 73.0 cm³/mol. The van der Waals surface area contributed by atoms with Crippen molar-refractivity contribution >= 4 is 5.91 Å². The molecule has 20 heavy (non-hydrogen) atoms. The van der Waals surface area contributed by atoms with Crippen LogP contribution in [0.2, 0.25) is 0 Å². The Balaban J connectivity index is 1.90. The second-order valence-electron chi connectivity index (χ2n) is 5.83. The number of rotatable bonds is 3. The van der Waals surface area contributed by atoms with Crippen molar-refractivity contribution in [2.75, 3.05) is 6.61 Å². The number of phenolic OH excluding ortho intramolecular Hbond substituents is 1. The number of phenols is 1. The summed E-state index contributed by atoms with van der Waals surface area (Å²) in [5.74, 6) is -1.25. The van der Waals surface area contributed by atoms with Crippen molar-refractivity contribution in [3.8, 4) is 5.75 Å². The molecule has 0 bridgehead atoms. The Labute approximate surface area is 117 Å². The Bertz CT molecular complexity index is 502. The van der Waals surface area contributed by atoms with Gasteiger partial charge in [0, 0.05) is 12.6 Å². The first-order valence-electron chi connectivity index (χ1n) is 6.76. The SMILES string of the molecule is CC1(C)C[C@@H](NC(=O)Cc2ccc(O)c(F)c2)CCO1. The van der Waals surface area contributed by atoms with E-state index in [1.165, 1.54) is 12.1 Å². The summed E-state index contributed by atoms with van der Waals surface area (Å²) in [6.45, 7) is 4.63. The molecule has 1 aromatic carbocycles. The lowest BCUT2D eigenvalue weighted by atomic mass is 9.94. The molecule has 0 radical (unpaired) electrons. The monoisotopic (exact) mass is 281 g/mol. The van der Waals surface area contributed by atoms with Crippen LogP contribution in [-0.4, -0.2) is 29.3 Å². The van der Waals surface area contributed by atoms with Crippen molar-refractivity contribution in [1.29, 1.82) is 0 Å². The Hall–Kier alpha value is -1.62. The summed E-state index contributed by atoms with van der Waals surface area (Å²) in [4.78, 5) is 12.0. The maximum atomic E-state index is 13.2. The average molecular weight is 281 g/mol. The quantitative estimate of drug-likeness (QED) is 0.892. The molecule has 0 aromatic heterocycles. The van der Waals surface area contributed by atoms with Gasteiger partial charge >= 0.3 is 0 Å². The molecule has 110 valence electrons. The predicted octanol–water partition coefficient (Wildman–Crippen LogP) is 2.15. The number of carbonyl (C=O) groups excluding carboxylic acids is 1. The minimum absolute atomic E-state index is 0.0909. The summed E-state index contributed by atoms with van der Waals surface area (Å²) in [6, 6.07) is 4.08. The van der Waals surface area contributed by atoms with E-state index in [1.807, 2.05) is 13.8 Å². The lowest BCUT2D eigenvalue weighted by Gasteiger charge is -2.35. The number of benzene rings is 1. The molecule has 1 aromatic rings. The number of amides is 1. The first-order valence-corrected chi connectivity index (χ1v) is 6.76. The molecule has 0 saturated carbocycles. The molecule has 2 N–H and O–H groups in total. The van der Waals surface area contributed by atoms with Crippen LogP contribution in [0, 0.1) is 5.82 Å². The molecule has 1 aliphatic heterocycles. The fraction of sp³-hybridized carbons (Fsp3) is 0.533. The maximum Gasteiger partial charge on any atom is 0.224 e. The lowest BCUT2D eigenvalue weighted by Crippen LogP contribution is -2.46. The number of halogens is 1. The van der Waals surface area contributed by atoms with Crippen molar-refractivity contribution in [2.24, 2.45) is 0 Å². The zero-order chi connectivity index (χ0) is 14.8. The van der Waals surface area contributed by atoms with E-state index in [2.05, 4.69) is 5.32 Å². The van der Waals surface area contributed by atoms with Gasteiger partial charge < -0.3 is 15.2 Å². The third kappa shape index (κ3) is 3.93. The minimum Gasteiger partial charge on any atom is -0.505 e. The van der Waals surface area contributed by atoms with Crippen LogP contribution in [0.25, 0.3) is 0 Å². The highest BCUT2D eigenvalue weighted by molar-refractivity contribution is 5.78. The number of carbonyl (C=O) groups is 1. The molecule has 2 rings (SSSR count). The smallest absolute Gasteiger partial charge is 0.224 e. The summed E-state index contributed by atoms with van der Waals surface area (Å²) in [5, 5.41) is 12.1. The molecular formula is C15H20FNO3. The summed E-state index contributed by atoms with van der Waals surface area (Å²) in [5.41, 5.74) is 0.324. The van der Waals surface area contributed by atoms with Crippen LogP contribution < -0.4 is 5.32 Å². The van der Waals surface area contributed by atoms with E-state index in [0.29, 0.717) is 12.2 Å². The molecule has 1 saturated heterocycles. The van der Waals surface area contributed by atoms with Crippen LogP contribution >= 0.6 is 0 Å². The van der Waals surface area contributed by atoms with Gasteiger partial charge in [-0.25, -0.2) is 4.39 Å². The molecule has 1 amide bonds. The Morgan fingerprint density at radius 1 is 1.55 bits per heavy atom. The largest absolute Gasteiger partial charge is 0.505 e. The zero-order valence-electron chi connectivity index (χ0n) is 11.8. The molecule has 1 atom stereocenters. The highest BCUT2D eigenvalue weighted by atomic mass is 19.1. The van der Waals surface area contributed by atoms with Gasteiger partial charge in [-0.2, -0.15) is 0 Å². The first-order chi connectivity index (χ1) is 9.35. The molecule has 4 nitrogen and oxygen atoms in total. The third-order valence-electron chi connectivity index (χ3n) is 3.44. The molecule has 0 unspecified atom stereocenters. The normalized spacial score (nSPS) is 21.4. The van der Waals surface area contributed by atoms with E-state index in [-0.39, 0.29) is 24.0 Å². The topological polar surface area (TPSA) is 58.6 Å². The van der Waals surface area contributed by atoms with Gasteiger partial charge in [0.15, 0.2) is 11.6 Å². The molecular weight excluding hydrogens is 261 g/mol. The van der Waals surface area contributed by atoms with Crippen molar-refractivity contribution in [3.05, 3.63) is 29.6 Å². The average Bonchev–Trinajstić information content (AvgIpc) is 2.32. The minimum atomic E-state index is -0.706. The molecule has 5 heteroatoms. The molecule has 1 fully saturated rings. The van der Waals surface area contributed by atoms with E-state index < -0.39 is 11.6 Å². The van der Waals surface area contributed by atoms with Crippen molar-refractivity contribution < 1.29 is 19.0 Å². The van der Waals surface area contributed by atoms with Crippen molar-refractivity contribution in [2.45, 2.75) is 44.8 Å². The van der Waals surface area contributed by atoms with E-state index in [9.17, 15) is 9.18 Å². The van der Waals surface area contributed by atoms with Crippen molar-refractivity contribution in [1.82, 2.24) is 5.32 Å². The fourth-order valence-corrected chi connectivity index (χ4v) is 2.48. The number of ether oxygens (including phenoxy) is 1. The molecule has 0 spiro atoms. The van der Waals surface area contributed by atoms with Crippen LogP contribution in [-0.2, 0) is 16.0 Å². The van der Waals surface area contributed by atoms with Crippen LogP contribution in [0.1, 0.15) is 32.3 Å². The van der Waals surface area contributed by atoms with E-state index >= 15 is 0 Å². The second-order valence-corrected chi connectivity index (χ2v) is 5.83. The van der Waals surface area contributed by atoms with Gasteiger partial charge in [-0.15, -0.1) is 0 Å². The first kappa shape index (κ1) is 14.8. The van der Waals surface area contributed by atoms with Gasteiger partial charge in [0.2, 0.25) is 5.91 Å². The van der Waals surface area contributed by atoms with E-state index in [4.69, 9.17) is 9.84 Å². The third-order valence-corrected chi connectivity index (χ3v) is 3.44. The lowest BCUT2D eigenvalue weighted by molar-refractivity contribution is -0.123. The maximum absolute atomic E-state index is 13.2. The zero-order valence-corrected chi connectivity index (χ0v) is 11.8. The van der Waals surface area contributed by atoms with E-state index in [0.717, 1.165) is 12.8 Å². The van der Waals surface area contributed by atoms with Gasteiger partial charge in [-0.05, 0) is 44.4 Å². The van der Waals surface area contributed by atoms with Gasteiger partial charge in [0.25, 0.3) is 0 Å². The highest BCUT2D eigenvalue weighted by Crippen LogP contribution is 2.24. The van der Waals surface area contributed by atoms with Gasteiger partial charge in [0.1, 0.15) is 0 Å². The van der Waals surface area contributed by atoms with Crippen LogP contribution in [0.15, 0.2) is 18.2 Å². The number of hydrogen-bond acceptors (Lipinski definition) is 3. The Morgan fingerprint density at radius 2 is 2.30 bits per heavy atom. The van der Waals surface area contributed by atoms with E-state index in [1.54, 1.807) is 6.07 Å². The summed E-state index contributed by atoms with van der Waals surface area (Å²) in [7, 11) is 0. The summed E-state index contributed by atoms with van der Waals surface area (Å²) in [6.07, 6.45) is 1.66. The summed E-state index contributed by atoms with van der Waals surface area (Å²) < 4.78 is 18.8. The van der Waals surface area contributed by atoms with Gasteiger partial charge in [0.05, 0.1) is 12.0 Å². The Kier molecular flexibility index (Phi) is 4.28. The number of nitrogens with one attached hydrogen (secondary N) is 1. The van der Waals surface area contributed by atoms with Crippen LogP contribution in [0.4, 0.5) is 4.39 Å².